The topological polar surface area (TPSA) is 39.9 Å². The van der Waals surface area contributed by atoms with Crippen molar-refractivity contribution in [3.8, 4) is 17.9 Å². The van der Waals surface area contributed by atoms with Gasteiger partial charge in [-0.3, -0.25) is 4.98 Å². The normalized spacial score (nSPS) is 13.1. The average molecular weight is 269 g/mol. The Morgan fingerprint density at radius 1 is 1.30 bits per heavy atom. The predicted octanol–water partition coefficient (Wildman–Crippen LogP) is 3.39. The maximum Gasteiger partial charge on any atom is 0.112 e. The molecule has 0 amide bonds. The van der Waals surface area contributed by atoms with Gasteiger partial charge in [-0.25, -0.2) is 0 Å². The van der Waals surface area contributed by atoms with Crippen molar-refractivity contribution in [1.82, 2.24) is 4.98 Å². The van der Waals surface area contributed by atoms with Gasteiger partial charge in [-0.2, -0.15) is 5.26 Å². The van der Waals surface area contributed by atoms with Crippen LogP contribution in [0, 0.1) is 28.6 Å². The smallest absolute Gasteiger partial charge is 0.112 e. The Kier molecular flexibility index (Phi) is 5.59. The summed E-state index contributed by atoms with van der Waals surface area (Å²) in [5.41, 5.74) is 2.79. The van der Waals surface area contributed by atoms with Gasteiger partial charge in [-0.1, -0.05) is 25.7 Å². The highest BCUT2D eigenvalue weighted by Crippen LogP contribution is 2.27. The molecule has 1 aliphatic rings. The fourth-order valence-electron chi connectivity index (χ4n) is 2.04. The summed E-state index contributed by atoms with van der Waals surface area (Å²) in [6.45, 7) is 8.72. The molecule has 3 heteroatoms. The van der Waals surface area contributed by atoms with Crippen LogP contribution in [-0.4, -0.2) is 18.6 Å². The zero-order valence-electron chi connectivity index (χ0n) is 13.1. The molecule has 0 bridgehead atoms. The van der Waals surface area contributed by atoms with Crippen LogP contribution in [0.4, 0.5) is 5.69 Å². The van der Waals surface area contributed by atoms with E-state index < -0.39 is 5.41 Å². The Hall–Kier alpha value is -2.00. The summed E-state index contributed by atoms with van der Waals surface area (Å²) < 4.78 is 0. The molecule has 0 aliphatic carbocycles. The van der Waals surface area contributed by atoms with E-state index in [9.17, 15) is 0 Å². The molecule has 0 atom stereocenters. The van der Waals surface area contributed by atoms with Crippen LogP contribution in [0.3, 0.4) is 0 Å². The highest BCUT2D eigenvalue weighted by molar-refractivity contribution is 5.60. The second kappa shape index (κ2) is 6.96. The van der Waals surface area contributed by atoms with E-state index in [1.165, 1.54) is 11.3 Å². The van der Waals surface area contributed by atoms with Crippen LogP contribution in [0.15, 0.2) is 12.4 Å². The Balaban J connectivity index is 0.000000956. The lowest BCUT2D eigenvalue weighted by atomic mass is 9.94. The van der Waals surface area contributed by atoms with Gasteiger partial charge < -0.3 is 4.90 Å². The van der Waals surface area contributed by atoms with E-state index in [0.29, 0.717) is 0 Å². The SMILES string of the molecule is CC.CN1CCCc2c(C#CC(C)(C)C#N)cncc21. The number of hydrogen-bond donors (Lipinski definition) is 0. The van der Waals surface area contributed by atoms with Gasteiger partial charge in [0.2, 0.25) is 0 Å². The molecule has 1 aromatic rings. The maximum absolute atomic E-state index is 8.98. The van der Waals surface area contributed by atoms with E-state index in [4.69, 9.17) is 5.26 Å². The van der Waals surface area contributed by atoms with Crippen LogP contribution in [0.2, 0.25) is 0 Å². The summed E-state index contributed by atoms with van der Waals surface area (Å²) in [5, 5.41) is 8.98. The molecule has 1 aliphatic heterocycles. The van der Waals surface area contributed by atoms with Gasteiger partial charge in [-0.05, 0) is 32.3 Å². The highest BCUT2D eigenvalue weighted by atomic mass is 15.1. The molecule has 2 heterocycles. The first-order valence-corrected chi connectivity index (χ1v) is 7.16. The Morgan fingerprint density at radius 3 is 2.65 bits per heavy atom. The minimum atomic E-state index is -0.608. The standard InChI is InChI=1S/C15H17N3.C2H6/c1-15(2,11-16)7-6-12-9-17-10-14-13(12)5-4-8-18(14)3;1-2/h9-10H,4-5,8H2,1-3H3;1-2H3. The van der Waals surface area contributed by atoms with Crippen LogP contribution in [0.25, 0.3) is 0 Å². The molecule has 2 rings (SSSR count). The third-order valence-corrected chi connectivity index (χ3v) is 3.16. The van der Waals surface area contributed by atoms with Crippen LogP contribution < -0.4 is 4.90 Å². The van der Waals surface area contributed by atoms with Gasteiger partial charge in [0.05, 0.1) is 18.0 Å². The van der Waals surface area contributed by atoms with Crippen LogP contribution in [0.1, 0.15) is 45.2 Å². The third-order valence-electron chi connectivity index (χ3n) is 3.16. The molecule has 0 aromatic carbocycles. The summed E-state index contributed by atoms with van der Waals surface area (Å²) in [5.74, 6) is 6.14. The van der Waals surface area contributed by atoms with Crippen molar-refractivity contribution in [3.05, 3.63) is 23.5 Å². The lowest BCUT2D eigenvalue weighted by Crippen LogP contribution is -2.25. The summed E-state index contributed by atoms with van der Waals surface area (Å²) in [4.78, 5) is 6.46. The van der Waals surface area contributed by atoms with Crippen molar-refractivity contribution in [1.29, 1.82) is 5.26 Å². The largest absolute Gasteiger partial charge is 0.373 e. The molecule has 20 heavy (non-hydrogen) atoms. The van der Waals surface area contributed by atoms with Crippen molar-refractivity contribution in [3.63, 3.8) is 0 Å². The molecule has 0 radical (unpaired) electrons. The number of rotatable bonds is 0. The van der Waals surface area contributed by atoms with Crippen molar-refractivity contribution in [2.75, 3.05) is 18.5 Å². The van der Waals surface area contributed by atoms with Gasteiger partial charge in [0, 0.05) is 25.4 Å². The van der Waals surface area contributed by atoms with E-state index in [0.717, 1.165) is 24.9 Å². The van der Waals surface area contributed by atoms with Gasteiger partial charge in [0.25, 0.3) is 0 Å². The van der Waals surface area contributed by atoms with E-state index in [-0.39, 0.29) is 0 Å². The molecule has 1 aromatic heterocycles. The number of aromatic nitrogens is 1. The molecular weight excluding hydrogens is 246 g/mol. The zero-order chi connectivity index (χ0) is 15.2. The number of fused-ring (bicyclic) bond motifs is 1. The molecule has 0 unspecified atom stereocenters. The third kappa shape index (κ3) is 3.75. The molecule has 0 fully saturated rings. The zero-order valence-corrected chi connectivity index (χ0v) is 13.1. The summed E-state index contributed by atoms with van der Waals surface area (Å²) >= 11 is 0. The quantitative estimate of drug-likeness (QED) is 0.678. The molecule has 106 valence electrons. The molecule has 0 spiro atoms. The fraction of sp³-hybridized carbons (Fsp3) is 0.529. The van der Waals surface area contributed by atoms with Crippen LogP contribution in [0.5, 0.6) is 0 Å². The number of hydrogen-bond acceptors (Lipinski definition) is 3. The van der Waals surface area contributed by atoms with E-state index >= 15 is 0 Å². The van der Waals surface area contributed by atoms with E-state index in [1.807, 2.05) is 33.9 Å². The minimum absolute atomic E-state index is 0.608. The highest BCUT2D eigenvalue weighted by Gasteiger charge is 2.17. The monoisotopic (exact) mass is 269 g/mol. The number of pyridine rings is 1. The molecular formula is C17H23N3. The Morgan fingerprint density at radius 2 is 2.00 bits per heavy atom. The maximum atomic E-state index is 8.98. The molecule has 0 saturated carbocycles. The number of nitrogens with zero attached hydrogens (tertiary/aromatic N) is 3. The predicted molar refractivity (Wildman–Crippen MR) is 83.4 cm³/mol. The summed E-state index contributed by atoms with van der Waals surface area (Å²) in [6, 6.07) is 2.20. The minimum Gasteiger partial charge on any atom is -0.373 e. The lowest BCUT2D eigenvalue weighted by molar-refractivity contribution is 0.673. The van der Waals surface area contributed by atoms with Crippen LogP contribution in [-0.2, 0) is 6.42 Å². The number of anilines is 1. The summed E-state index contributed by atoms with van der Waals surface area (Å²) in [7, 11) is 2.08. The van der Waals surface area contributed by atoms with Crippen molar-refractivity contribution < 1.29 is 0 Å². The Bertz CT molecular complexity index is 556. The Labute approximate surface area is 122 Å². The molecule has 0 N–H and O–H groups in total. The lowest BCUT2D eigenvalue weighted by Gasteiger charge is -2.27. The van der Waals surface area contributed by atoms with Crippen molar-refractivity contribution in [2.24, 2.45) is 5.41 Å². The molecule has 0 saturated heterocycles. The van der Waals surface area contributed by atoms with Crippen molar-refractivity contribution >= 4 is 5.69 Å². The second-order valence-electron chi connectivity index (χ2n) is 5.20. The van der Waals surface area contributed by atoms with Crippen LogP contribution >= 0.6 is 0 Å². The summed E-state index contributed by atoms with van der Waals surface area (Å²) in [6.07, 6.45) is 5.89. The van der Waals surface area contributed by atoms with Crippen molar-refractivity contribution in [2.45, 2.75) is 40.5 Å². The van der Waals surface area contributed by atoms with Gasteiger partial charge in [0.15, 0.2) is 0 Å². The average Bonchev–Trinajstić information content (AvgIpc) is 2.48. The first kappa shape index (κ1) is 16.1. The van der Waals surface area contributed by atoms with E-state index in [2.05, 4.69) is 34.8 Å². The van der Waals surface area contributed by atoms with E-state index in [1.54, 1.807) is 6.20 Å². The molecule has 3 nitrogen and oxygen atoms in total. The van der Waals surface area contributed by atoms with Gasteiger partial charge in [0.1, 0.15) is 5.41 Å². The van der Waals surface area contributed by atoms with Gasteiger partial charge >= 0.3 is 0 Å². The van der Waals surface area contributed by atoms with Gasteiger partial charge in [-0.15, -0.1) is 0 Å². The number of nitriles is 1. The fourth-order valence-corrected chi connectivity index (χ4v) is 2.04. The first-order valence-electron chi connectivity index (χ1n) is 7.16. The second-order valence-corrected chi connectivity index (χ2v) is 5.20. The first-order chi connectivity index (χ1) is 9.53.